The molecule has 1 saturated heterocycles. The molecule has 0 aromatic heterocycles. The number of nitrogens with one attached hydrogen (secondary N) is 1. The van der Waals surface area contributed by atoms with Crippen molar-refractivity contribution < 1.29 is 19.1 Å². The topological polar surface area (TPSA) is 67.9 Å². The molecule has 0 atom stereocenters. The average molecular weight is 401 g/mol. The molecular formula is C21H21ClN2O4. The molecule has 2 aromatic rings. The van der Waals surface area contributed by atoms with Gasteiger partial charge in [0.05, 0.1) is 10.7 Å². The maximum Gasteiger partial charge on any atom is 0.321 e. The maximum atomic E-state index is 12.9. The number of hydrogen-bond acceptors (Lipinski definition) is 4. The first-order chi connectivity index (χ1) is 13.6. The van der Waals surface area contributed by atoms with Crippen LogP contribution in [0, 0.1) is 5.92 Å². The largest absolute Gasteiger partial charge is 0.486 e. The first kappa shape index (κ1) is 18.6. The molecule has 4 rings (SSSR count). The molecule has 2 heterocycles. The fraction of sp³-hybridized carbons (Fsp3) is 0.333. The number of carbonyl (C=O) groups excluding carboxylic acids is 2. The number of Topliss-reactive ketones (excluding diaryl/α,β-unsaturated/α-hetero) is 1. The van der Waals surface area contributed by atoms with Gasteiger partial charge in [0.25, 0.3) is 0 Å². The molecule has 0 unspecified atom stereocenters. The van der Waals surface area contributed by atoms with Gasteiger partial charge in [-0.2, -0.15) is 0 Å². The number of urea groups is 1. The molecule has 146 valence electrons. The summed E-state index contributed by atoms with van der Waals surface area (Å²) in [6.07, 6.45) is 1.26. The summed E-state index contributed by atoms with van der Waals surface area (Å²) in [7, 11) is 0. The van der Waals surface area contributed by atoms with E-state index in [-0.39, 0.29) is 17.7 Å². The van der Waals surface area contributed by atoms with Crippen LogP contribution in [0.5, 0.6) is 11.5 Å². The van der Waals surface area contributed by atoms with Gasteiger partial charge >= 0.3 is 6.03 Å². The van der Waals surface area contributed by atoms with E-state index >= 15 is 0 Å². The maximum absolute atomic E-state index is 12.9. The molecule has 7 heteroatoms. The molecule has 0 radical (unpaired) electrons. The number of amides is 2. The number of likely N-dealkylation sites (tertiary alicyclic amines) is 1. The smallest absolute Gasteiger partial charge is 0.321 e. The van der Waals surface area contributed by atoms with E-state index in [0.717, 1.165) is 0 Å². The molecule has 2 aromatic carbocycles. The Balaban J connectivity index is 1.35. The van der Waals surface area contributed by atoms with Crippen LogP contribution < -0.4 is 14.8 Å². The number of hydrogen-bond donors (Lipinski definition) is 1. The summed E-state index contributed by atoms with van der Waals surface area (Å²) in [5.74, 6) is 1.28. The number of rotatable bonds is 3. The van der Waals surface area contributed by atoms with E-state index in [1.807, 2.05) is 12.1 Å². The second-order valence-corrected chi connectivity index (χ2v) is 7.30. The van der Waals surface area contributed by atoms with Crippen molar-refractivity contribution in [3.63, 3.8) is 0 Å². The number of nitrogens with zero attached hydrogens (tertiary/aromatic N) is 1. The van der Waals surface area contributed by atoms with Gasteiger partial charge in [-0.3, -0.25) is 4.79 Å². The van der Waals surface area contributed by atoms with Crippen molar-refractivity contribution in [1.82, 2.24) is 4.90 Å². The van der Waals surface area contributed by atoms with E-state index in [9.17, 15) is 9.59 Å². The Bertz CT molecular complexity index is 894. The average Bonchev–Trinajstić information content (AvgIpc) is 2.74. The molecule has 2 amide bonds. The van der Waals surface area contributed by atoms with Gasteiger partial charge in [0.1, 0.15) is 13.2 Å². The zero-order valence-corrected chi connectivity index (χ0v) is 16.1. The number of halogens is 1. The van der Waals surface area contributed by atoms with Crippen molar-refractivity contribution in [2.24, 2.45) is 5.92 Å². The van der Waals surface area contributed by atoms with Crippen molar-refractivity contribution in [1.29, 1.82) is 0 Å². The Morgan fingerprint density at radius 1 is 1.00 bits per heavy atom. The molecule has 2 aliphatic heterocycles. The first-order valence-electron chi connectivity index (χ1n) is 9.36. The van der Waals surface area contributed by atoms with Gasteiger partial charge in [-0.25, -0.2) is 4.79 Å². The summed E-state index contributed by atoms with van der Waals surface area (Å²) in [4.78, 5) is 27.1. The second kappa shape index (κ2) is 8.10. The highest BCUT2D eigenvalue weighted by molar-refractivity contribution is 6.33. The lowest BCUT2D eigenvalue weighted by molar-refractivity contribution is 0.0858. The summed E-state index contributed by atoms with van der Waals surface area (Å²) < 4.78 is 11.1. The zero-order chi connectivity index (χ0) is 19.5. The molecule has 2 aliphatic rings. The number of piperidine rings is 1. The predicted octanol–water partition coefficient (Wildman–Crippen LogP) is 4.24. The molecule has 6 nitrogen and oxygen atoms in total. The third kappa shape index (κ3) is 3.92. The number of ketones is 1. The molecule has 0 aliphatic carbocycles. The van der Waals surface area contributed by atoms with Gasteiger partial charge in [-0.05, 0) is 43.2 Å². The molecule has 0 saturated carbocycles. The van der Waals surface area contributed by atoms with Crippen LogP contribution in [0.4, 0.5) is 10.5 Å². The highest BCUT2D eigenvalue weighted by atomic mass is 35.5. The van der Waals surface area contributed by atoms with Crippen LogP contribution in [0.15, 0.2) is 42.5 Å². The minimum atomic E-state index is -0.196. The lowest BCUT2D eigenvalue weighted by atomic mass is 9.89. The van der Waals surface area contributed by atoms with Crippen LogP contribution in [0.1, 0.15) is 23.2 Å². The number of fused-ring (bicyclic) bond motifs is 1. The number of benzene rings is 2. The third-order valence-electron chi connectivity index (χ3n) is 5.10. The minimum Gasteiger partial charge on any atom is -0.486 e. The summed E-state index contributed by atoms with van der Waals surface area (Å²) in [6.45, 7) is 2.06. The van der Waals surface area contributed by atoms with Gasteiger partial charge in [-0.15, -0.1) is 0 Å². The standard InChI is InChI=1S/C21H21ClN2O4/c22-16-3-1-2-4-17(16)23-21(26)24-9-7-14(8-10-24)20(25)15-5-6-18-19(13-15)28-12-11-27-18/h1-6,13-14H,7-12H2,(H,23,26). The summed E-state index contributed by atoms with van der Waals surface area (Å²) in [5, 5.41) is 3.33. The third-order valence-corrected chi connectivity index (χ3v) is 5.42. The summed E-state index contributed by atoms with van der Waals surface area (Å²) in [5.41, 5.74) is 1.21. The highest BCUT2D eigenvalue weighted by Gasteiger charge is 2.29. The molecule has 0 bridgehead atoms. The Hall–Kier alpha value is -2.73. The quantitative estimate of drug-likeness (QED) is 0.782. The summed E-state index contributed by atoms with van der Waals surface area (Å²) >= 11 is 6.09. The Morgan fingerprint density at radius 3 is 2.46 bits per heavy atom. The second-order valence-electron chi connectivity index (χ2n) is 6.89. The Labute approximate surface area is 168 Å². The van der Waals surface area contributed by atoms with Crippen LogP contribution in [-0.2, 0) is 0 Å². The lowest BCUT2D eigenvalue weighted by Gasteiger charge is -2.31. The van der Waals surface area contributed by atoms with Gasteiger partial charge in [0, 0.05) is 24.6 Å². The Kier molecular flexibility index (Phi) is 5.39. The van der Waals surface area contributed by atoms with Crippen molar-refractivity contribution in [2.75, 3.05) is 31.6 Å². The van der Waals surface area contributed by atoms with Crippen molar-refractivity contribution >= 4 is 29.1 Å². The lowest BCUT2D eigenvalue weighted by Crippen LogP contribution is -2.42. The number of carbonyl (C=O) groups is 2. The highest BCUT2D eigenvalue weighted by Crippen LogP contribution is 2.32. The van der Waals surface area contributed by atoms with Gasteiger partial charge < -0.3 is 19.7 Å². The Morgan fingerprint density at radius 2 is 1.71 bits per heavy atom. The number of anilines is 1. The zero-order valence-electron chi connectivity index (χ0n) is 15.3. The predicted molar refractivity (Wildman–Crippen MR) is 107 cm³/mol. The van der Waals surface area contributed by atoms with Crippen molar-refractivity contribution in [3.8, 4) is 11.5 Å². The molecule has 1 N–H and O–H groups in total. The van der Waals surface area contributed by atoms with Crippen molar-refractivity contribution in [3.05, 3.63) is 53.1 Å². The van der Waals surface area contributed by atoms with Gasteiger partial charge in [0.15, 0.2) is 17.3 Å². The van der Waals surface area contributed by atoms with E-state index in [4.69, 9.17) is 21.1 Å². The van der Waals surface area contributed by atoms with Crippen LogP contribution in [-0.4, -0.2) is 43.0 Å². The van der Waals surface area contributed by atoms with Crippen molar-refractivity contribution in [2.45, 2.75) is 12.8 Å². The van der Waals surface area contributed by atoms with E-state index < -0.39 is 0 Å². The fourth-order valence-corrected chi connectivity index (χ4v) is 3.72. The van der Waals surface area contributed by atoms with E-state index in [0.29, 0.717) is 66.9 Å². The van der Waals surface area contributed by atoms with Gasteiger partial charge in [0.2, 0.25) is 0 Å². The normalized spacial score (nSPS) is 16.5. The molecule has 1 fully saturated rings. The first-order valence-corrected chi connectivity index (χ1v) is 9.74. The van der Waals surface area contributed by atoms with Gasteiger partial charge in [-0.1, -0.05) is 23.7 Å². The van der Waals surface area contributed by atoms with E-state index in [1.54, 1.807) is 35.2 Å². The molecular weight excluding hydrogens is 380 g/mol. The van der Waals surface area contributed by atoms with Crippen LogP contribution >= 0.6 is 11.6 Å². The monoisotopic (exact) mass is 400 g/mol. The van der Waals surface area contributed by atoms with Crippen LogP contribution in [0.3, 0.4) is 0 Å². The van der Waals surface area contributed by atoms with E-state index in [2.05, 4.69) is 5.32 Å². The number of ether oxygens (including phenoxy) is 2. The van der Waals surface area contributed by atoms with Crippen LogP contribution in [0.25, 0.3) is 0 Å². The van der Waals surface area contributed by atoms with Crippen LogP contribution in [0.2, 0.25) is 5.02 Å². The fourth-order valence-electron chi connectivity index (χ4n) is 3.53. The van der Waals surface area contributed by atoms with E-state index in [1.165, 1.54) is 0 Å². The molecule has 0 spiro atoms. The number of para-hydroxylation sites is 1. The molecule has 28 heavy (non-hydrogen) atoms. The summed E-state index contributed by atoms with van der Waals surface area (Å²) in [6, 6.07) is 12.3. The minimum absolute atomic E-state index is 0.0862. The SMILES string of the molecule is O=C(c1ccc2c(c1)OCCO2)C1CCN(C(=O)Nc2ccccc2Cl)CC1.